The van der Waals surface area contributed by atoms with E-state index in [1.165, 1.54) is 0 Å². The minimum atomic E-state index is -4.45. The molecule has 0 N–H and O–H groups in total. The summed E-state index contributed by atoms with van der Waals surface area (Å²) in [6.45, 7) is -1.84. The van der Waals surface area contributed by atoms with Crippen molar-refractivity contribution in [2.24, 2.45) is 0 Å². The molecule has 9 heteroatoms. The first-order valence-electron chi connectivity index (χ1n) is 2.97. The zero-order valence-electron chi connectivity index (χ0n) is 6.25. The van der Waals surface area contributed by atoms with Crippen molar-refractivity contribution < 1.29 is 27.1 Å². The fourth-order valence-electron chi connectivity index (χ4n) is 0.307. The van der Waals surface area contributed by atoms with Crippen LogP contribution in [0.4, 0.5) is 17.6 Å². The molecule has 0 amide bonds. The van der Waals surface area contributed by atoms with Crippen molar-refractivity contribution in [2.75, 3.05) is 6.61 Å². The van der Waals surface area contributed by atoms with Crippen molar-refractivity contribution in [3.8, 4) is 0 Å². The second kappa shape index (κ2) is 4.72. The smallest absolute Gasteiger partial charge is 0.358 e. The third-order valence-electron chi connectivity index (χ3n) is 0.946. The summed E-state index contributed by atoms with van der Waals surface area (Å²) >= 11 is 14.7. The van der Waals surface area contributed by atoms with Crippen molar-refractivity contribution in [2.45, 2.75) is 16.1 Å². The number of carbonyl (C=O) groups excluding carboxylic acids is 1. The Kier molecular flexibility index (Phi) is 4.74. The molecular formula is C5H3Cl3F4O2. The van der Waals surface area contributed by atoms with E-state index >= 15 is 0 Å². The maximum Gasteiger partial charge on any atom is 0.358 e. The molecule has 0 aromatic carbocycles. The van der Waals surface area contributed by atoms with Gasteiger partial charge in [-0.15, -0.1) is 0 Å². The van der Waals surface area contributed by atoms with Gasteiger partial charge in [-0.05, 0) is 0 Å². The van der Waals surface area contributed by atoms with Gasteiger partial charge in [0.1, 0.15) is 0 Å². The summed E-state index contributed by atoms with van der Waals surface area (Å²) in [6.07, 6.45) is -3.95. The number of ether oxygens (including phenoxy) is 1. The maximum absolute atomic E-state index is 12.1. The lowest BCUT2D eigenvalue weighted by Gasteiger charge is -2.16. The van der Waals surface area contributed by atoms with E-state index in [4.69, 9.17) is 34.8 Å². The molecule has 0 saturated carbocycles. The van der Waals surface area contributed by atoms with E-state index < -0.39 is 28.7 Å². The zero-order chi connectivity index (χ0) is 11.6. The van der Waals surface area contributed by atoms with Gasteiger partial charge in [0.05, 0.1) is 0 Å². The minimum absolute atomic E-state index is 1.64. The van der Waals surface area contributed by atoms with Gasteiger partial charge in [-0.2, -0.15) is 8.78 Å². The summed E-state index contributed by atoms with van der Waals surface area (Å²) in [5, 5.41) is 0. The summed E-state index contributed by atoms with van der Waals surface area (Å²) in [4.78, 5) is 10.5. The predicted molar refractivity (Wildman–Crippen MR) is 42.2 cm³/mol. The van der Waals surface area contributed by atoms with Crippen LogP contribution in [0.3, 0.4) is 0 Å². The maximum atomic E-state index is 12.1. The van der Waals surface area contributed by atoms with E-state index in [0.29, 0.717) is 0 Å². The van der Waals surface area contributed by atoms with Crippen LogP contribution in [0, 0.1) is 0 Å². The van der Waals surface area contributed by atoms with Crippen molar-refractivity contribution in [1.29, 1.82) is 0 Å². The van der Waals surface area contributed by atoms with E-state index in [9.17, 15) is 22.4 Å². The third-order valence-corrected chi connectivity index (χ3v) is 1.41. The van der Waals surface area contributed by atoms with Crippen molar-refractivity contribution in [1.82, 2.24) is 0 Å². The summed E-state index contributed by atoms with van der Waals surface area (Å²) in [5.41, 5.74) is 0. The van der Waals surface area contributed by atoms with Crippen LogP contribution in [-0.4, -0.2) is 28.7 Å². The standard InChI is InChI=1S/C5H3Cl3F4O2/c6-5(7,8)3(13)14-1-4(11,12)2(9)10/h2H,1H2. The third kappa shape index (κ3) is 4.52. The Hall–Kier alpha value is 0.0600. The molecule has 0 heterocycles. The van der Waals surface area contributed by atoms with Crippen molar-refractivity contribution in [3.63, 3.8) is 0 Å². The first kappa shape index (κ1) is 14.1. The molecule has 14 heavy (non-hydrogen) atoms. The Balaban J connectivity index is 4.14. The highest BCUT2D eigenvalue weighted by Crippen LogP contribution is 2.29. The molecule has 0 spiro atoms. The van der Waals surface area contributed by atoms with Gasteiger partial charge in [0.25, 0.3) is 3.79 Å². The van der Waals surface area contributed by atoms with Crippen LogP contribution >= 0.6 is 34.8 Å². The molecule has 0 bridgehead atoms. The van der Waals surface area contributed by atoms with E-state index in [0.717, 1.165) is 0 Å². The highest BCUT2D eigenvalue weighted by molar-refractivity contribution is 6.75. The minimum Gasteiger partial charge on any atom is -0.456 e. The van der Waals surface area contributed by atoms with Gasteiger partial charge in [0.2, 0.25) is 0 Å². The molecule has 0 aromatic heterocycles. The Morgan fingerprint density at radius 2 is 1.71 bits per heavy atom. The van der Waals surface area contributed by atoms with Crippen LogP contribution in [0.1, 0.15) is 0 Å². The van der Waals surface area contributed by atoms with Crippen LogP contribution in [0.15, 0.2) is 0 Å². The van der Waals surface area contributed by atoms with Crippen LogP contribution in [0.5, 0.6) is 0 Å². The van der Waals surface area contributed by atoms with Gasteiger partial charge in [0, 0.05) is 0 Å². The fraction of sp³-hybridized carbons (Fsp3) is 0.800. The van der Waals surface area contributed by atoms with Crippen molar-refractivity contribution in [3.05, 3.63) is 0 Å². The average Bonchev–Trinajstić information content (AvgIpc) is 1.98. The SMILES string of the molecule is O=C(OCC(F)(F)C(F)F)C(Cl)(Cl)Cl. The molecule has 0 aliphatic rings. The Morgan fingerprint density at radius 1 is 1.29 bits per heavy atom. The topological polar surface area (TPSA) is 26.3 Å². The lowest BCUT2D eigenvalue weighted by Crippen LogP contribution is -2.35. The molecule has 0 rings (SSSR count). The Labute approximate surface area is 91.0 Å². The number of rotatable bonds is 3. The second-order valence-corrected chi connectivity index (χ2v) is 4.42. The molecule has 0 fully saturated rings. The van der Waals surface area contributed by atoms with E-state index in [1.54, 1.807) is 0 Å². The molecule has 2 nitrogen and oxygen atoms in total. The molecule has 0 radical (unpaired) electrons. The van der Waals surface area contributed by atoms with Crippen LogP contribution in [-0.2, 0) is 9.53 Å². The number of hydrogen-bond acceptors (Lipinski definition) is 2. The van der Waals surface area contributed by atoms with Gasteiger partial charge in [-0.1, -0.05) is 34.8 Å². The van der Waals surface area contributed by atoms with Gasteiger partial charge < -0.3 is 4.74 Å². The largest absolute Gasteiger partial charge is 0.456 e. The molecule has 0 saturated heterocycles. The monoisotopic (exact) mass is 276 g/mol. The van der Waals surface area contributed by atoms with Gasteiger partial charge >= 0.3 is 18.3 Å². The molecule has 0 unspecified atom stereocenters. The van der Waals surface area contributed by atoms with Gasteiger partial charge in [-0.25, -0.2) is 13.6 Å². The van der Waals surface area contributed by atoms with E-state index in [-0.39, 0.29) is 0 Å². The van der Waals surface area contributed by atoms with Gasteiger partial charge in [0.15, 0.2) is 6.61 Å². The quantitative estimate of drug-likeness (QED) is 0.450. The average molecular weight is 277 g/mol. The summed E-state index contributed by atoms with van der Waals surface area (Å²) in [7, 11) is 0. The molecule has 0 aromatic rings. The first-order valence-corrected chi connectivity index (χ1v) is 4.10. The normalized spacial score (nSPS) is 13.1. The molecule has 84 valence electrons. The Bertz CT molecular complexity index is 216. The van der Waals surface area contributed by atoms with Crippen LogP contribution < -0.4 is 0 Å². The van der Waals surface area contributed by atoms with E-state index in [2.05, 4.69) is 4.74 Å². The number of esters is 1. The van der Waals surface area contributed by atoms with Crippen LogP contribution in [0.2, 0.25) is 0 Å². The number of alkyl halides is 7. The van der Waals surface area contributed by atoms with Gasteiger partial charge in [-0.3, -0.25) is 0 Å². The Morgan fingerprint density at radius 3 is 2.00 bits per heavy atom. The summed E-state index contributed by atoms with van der Waals surface area (Å²) in [6, 6.07) is 0. The first-order chi connectivity index (χ1) is 6.07. The molecule has 0 atom stereocenters. The zero-order valence-corrected chi connectivity index (χ0v) is 8.51. The molecule has 0 aliphatic heterocycles. The van der Waals surface area contributed by atoms with Crippen molar-refractivity contribution >= 4 is 40.8 Å². The number of carbonyl (C=O) groups is 1. The highest BCUT2D eigenvalue weighted by atomic mass is 35.6. The lowest BCUT2D eigenvalue weighted by atomic mass is 10.4. The number of halogens is 7. The van der Waals surface area contributed by atoms with Crippen LogP contribution in [0.25, 0.3) is 0 Å². The predicted octanol–water partition coefficient (Wildman–Crippen LogP) is 2.80. The molecular weight excluding hydrogens is 274 g/mol. The fourth-order valence-corrected chi connectivity index (χ4v) is 0.470. The lowest BCUT2D eigenvalue weighted by molar-refractivity contribution is -0.178. The highest BCUT2D eigenvalue weighted by Gasteiger charge is 2.44. The second-order valence-electron chi connectivity index (χ2n) is 2.14. The number of hydrogen-bond donors (Lipinski definition) is 0. The molecule has 0 aliphatic carbocycles. The summed E-state index contributed by atoms with van der Waals surface area (Å²) < 4.78 is 48.4. The van der Waals surface area contributed by atoms with E-state index in [1.807, 2.05) is 0 Å². The summed E-state index contributed by atoms with van der Waals surface area (Å²) in [5.74, 6) is -6.09.